The Hall–Kier alpha value is -4.20. The van der Waals surface area contributed by atoms with Crippen LogP contribution in [0, 0.1) is 0 Å². The largest absolute Gasteiger partial charge is 0.323 e. The van der Waals surface area contributed by atoms with E-state index in [0.29, 0.717) is 17.6 Å². The van der Waals surface area contributed by atoms with E-state index in [4.69, 9.17) is 4.98 Å². The quantitative estimate of drug-likeness (QED) is 0.447. The predicted octanol–water partition coefficient (Wildman–Crippen LogP) is 4.50. The zero-order valence-electron chi connectivity index (χ0n) is 17.5. The van der Waals surface area contributed by atoms with E-state index in [1.165, 1.54) is 18.4 Å². The number of nitrogens with one attached hydrogen (secondary N) is 1. The molecule has 156 valence electrons. The smallest absolute Gasteiger partial charge is 0.154 e. The molecule has 0 unspecified atom stereocenters. The third-order valence-corrected chi connectivity index (χ3v) is 5.59. The first-order valence-corrected chi connectivity index (χ1v) is 10.5. The Morgan fingerprint density at radius 2 is 1.91 bits per heavy atom. The molecule has 8 heteroatoms. The van der Waals surface area contributed by atoms with Crippen LogP contribution in [0.5, 0.6) is 0 Å². The maximum Gasteiger partial charge on any atom is 0.154 e. The maximum absolute atomic E-state index is 4.78. The Labute approximate surface area is 184 Å². The number of anilines is 2. The van der Waals surface area contributed by atoms with Gasteiger partial charge >= 0.3 is 0 Å². The van der Waals surface area contributed by atoms with Gasteiger partial charge in [0.25, 0.3) is 0 Å². The van der Waals surface area contributed by atoms with Crippen LogP contribution in [0.4, 0.5) is 11.6 Å². The summed E-state index contributed by atoms with van der Waals surface area (Å²) in [5.74, 6) is 2.03. The van der Waals surface area contributed by atoms with Crippen LogP contribution < -0.4 is 5.32 Å². The summed E-state index contributed by atoms with van der Waals surface area (Å²) in [7, 11) is 1.91. The minimum Gasteiger partial charge on any atom is -0.323 e. The van der Waals surface area contributed by atoms with Crippen molar-refractivity contribution in [3.05, 3.63) is 72.9 Å². The third kappa shape index (κ3) is 3.56. The molecule has 0 radical (unpaired) electrons. The summed E-state index contributed by atoms with van der Waals surface area (Å²) in [6.45, 7) is 0. The minimum absolute atomic E-state index is 0.621. The molecule has 0 spiro atoms. The lowest BCUT2D eigenvalue weighted by atomic mass is 10.0. The van der Waals surface area contributed by atoms with Crippen LogP contribution in [0.1, 0.15) is 24.3 Å². The van der Waals surface area contributed by atoms with Gasteiger partial charge in [0.15, 0.2) is 5.82 Å². The van der Waals surface area contributed by atoms with Gasteiger partial charge in [-0.25, -0.2) is 4.98 Å². The number of aryl methyl sites for hydroxylation is 1. The van der Waals surface area contributed by atoms with Gasteiger partial charge in [-0.1, -0.05) is 0 Å². The lowest BCUT2D eigenvalue weighted by molar-refractivity contribution is 0.771. The molecule has 32 heavy (non-hydrogen) atoms. The number of fused-ring (bicyclic) bond motifs is 1. The molecule has 5 heterocycles. The monoisotopic (exact) mass is 420 g/mol. The van der Waals surface area contributed by atoms with Crippen molar-refractivity contribution >= 4 is 22.7 Å². The van der Waals surface area contributed by atoms with Crippen LogP contribution in [0.25, 0.3) is 33.4 Å². The fourth-order valence-corrected chi connectivity index (χ4v) is 3.85. The molecule has 0 aliphatic heterocycles. The van der Waals surface area contributed by atoms with Crippen LogP contribution >= 0.6 is 0 Å². The number of hydrogen-bond donors (Lipinski definition) is 1. The number of pyridine rings is 3. The van der Waals surface area contributed by atoms with Gasteiger partial charge in [-0.05, 0) is 60.7 Å². The summed E-state index contributed by atoms with van der Waals surface area (Å²) >= 11 is 0. The van der Waals surface area contributed by atoms with E-state index in [-0.39, 0.29) is 0 Å². The SMILES string of the molecule is Cn1cc(-c2cnc3ccc(Nc4cc(C5CC5)cnn4)nc3c2)c(-c2cccnc2)n1. The Morgan fingerprint density at radius 1 is 0.969 bits per heavy atom. The van der Waals surface area contributed by atoms with Crippen LogP contribution in [-0.4, -0.2) is 34.9 Å². The first kappa shape index (κ1) is 18.6. The van der Waals surface area contributed by atoms with E-state index >= 15 is 0 Å². The predicted molar refractivity (Wildman–Crippen MR) is 122 cm³/mol. The summed E-state index contributed by atoms with van der Waals surface area (Å²) in [6, 6.07) is 11.9. The average Bonchev–Trinajstić information content (AvgIpc) is 3.61. The Balaban J connectivity index is 1.36. The minimum atomic E-state index is 0.621. The molecular formula is C24H20N8. The van der Waals surface area contributed by atoms with E-state index in [1.54, 1.807) is 10.9 Å². The zero-order valence-corrected chi connectivity index (χ0v) is 17.5. The second-order valence-corrected chi connectivity index (χ2v) is 8.04. The van der Waals surface area contributed by atoms with Crippen LogP contribution in [0.3, 0.4) is 0 Å². The lowest BCUT2D eigenvalue weighted by Crippen LogP contribution is -1.99. The fourth-order valence-electron chi connectivity index (χ4n) is 3.85. The van der Waals surface area contributed by atoms with Gasteiger partial charge in [0.1, 0.15) is 11.5 Å². The standard InChI is InChI=1S/C24H20N8/c1-32-14-19(24(31-32)16-3-2-8-25-11-16)18-9-21-20(26-12-18)6-7-22(28-21)29-23-10-17(13-27-30-23)15-4-5-15/h2-3,6-15H,4-5H2,1H3,(H,28,29,30). The molecule has 0 aromatic carbocycles. The zero-order chi connectivity index (χ0) is 21.5. The second kappa shape index (κ2) is 7.49. The van der Waals surface area contributed by atoms with Crippen molar-refractivity contribution in [3.63, 3.8) is 0 Å². The summed E-state index contributed by atoms with van der Waals surface area (Å²) < 4.78 is 1.80. The molecule has 1 aliphatic carbocycles. The molecule has 6 rings (SSSR count). The Morgan fingerprint density at radius 3 is 2.75 bits per heavy atom. The van der Waals surface area contributed by atoms with Gasteiger partial charge < -0.3 is 5.32 Å². The Kier molecular flexibility index (Phi) is 4.34. The molecule has 8 nitrogen and oxygen atoms in total. The number of aromatic nitrogens is 7. The lowest BCUT2D eigenvalue weighted by Gasteiger charge is -2.08. The molecule has 1 saturated carbocycles. The molecule has 5 aromatic rings. The number of hydrogen-bond acceptors (Lipinski definition) is 7. The maximum atomic E-state index is 4.78. The van der Waals surface area contributed by atoms with Crippen LogP contribution in [0.15, 0.2) is 67.4 Å². The van der Waals surface area contributed by atoms with E-state index in [1.807, 2.05) is 62.2 Å². The molecule has 0 atom stereocenters. The first-order chi connectivity index (χ1) is 15.7. The van der Waals surface area contributed by atoms with Gasteiger partial charge in [0.2, 0.25) is 0 Å². The van der Waals surface area contributed by atoms with Crippen molar-refractivity contribution in [2.45, 2.75) is 18.8 Å². The highest BCUT2D eigenvalue weighted by atomic mass is 15.3. The molecule has 0 amide bonds. The van der Waals surface area contributed by atoms with E-state index in [9.17, 15) is 0 Å². The second-order valence-electron chi connectivity index (χ2n) is 8.04. The van der Waals surface area contributed by atoms with Crippen LogP contribution in [0.2, 0.25) is 0 Å². The molecule has 1 aliphatic rings. The van der Waals surface area contributed by atoms with E-state index in [2.05, 4.69) is 36.6 Å². The summed E-state index contributed by atoms with van der Waals surface area (Å²) in [6.07, 6.45) is 11.7. The number of nitrogens with zero attached hydrogens (tertiary/aromatic N) is 7. The van der Waals surface area contributed by atoms with Crippen molar-refractivity contribution < 1.29 is 0 Å². The van der Waals surface area contributed by atoms with Crippen molar-refractivity contribution in [3.8, 4) is 22.4 Å². The fraction of sp³-hybridized carbons (Fsp3) is 0.167. The summed E-state index contributed by atoms with van der Waals surface area (Å²) in [5.41, 5.74) is 6.60. The highest BCUT2D eigenvalue weighted by Crippen LogP contribution is 2.40. The molecular weight excluding hydrogens is 400 g/mol. The van der Waals surface area contributed by atoms with Crippen molar-refractivity contribution in [2.75, 3.05) is 5.32 Å². The normalized spacial score (nSPS) is 13.4. The van der Waals surface area contributed by atoms with Gasteiger partial charge in [0, 0.05) is 48.5 Å². The molecule has 0 bridgehead atoms. The average molecular weight is 420 g/mol. The number of rotatable bonds is 5. The Bertz CT molecular complexity index is 1420. The first-order valence-electron chi connectivity index (χ1n) is 10.5. The highest BCUT2D eigenvalue weighted by molar-refractivity contribution is 5.86. The van der Waals surface area contributed by atoms with Gasteiger partial charge in [0.05, 0.1) is 17.2 Å². The van der Waals surface area contributed by atoms with Gasteiger partial charge in [-0.2, -0.15) is 10.2 Å². The van der Waals surface area contributed by atoms with E-state index < -0.39 is 0 Å². The third-order valence-electron chi connectivity index (χ3n) is 5.59. The summed E-state index contributed by atoms with van der Waals surface area (Å²) in [5, 5.41) is 16.3. The van der Waals surface area contributed by atoms with Crippen LogP contribution in [-0.2, 0) is 7.05 Å². The van der Waals surface area contributed by atoms with E-state index in [0.717, 1.165) is 33.4 Å². The molecule has 0 saturated heterocycles. The topological polar surface area (TPSA) is 94.3 Å². The van der Waals surface area contributed by atoms with Crippen molar-refractivity contribution in [2.24, 2.45) is 7.05 Å². The van der Waals surface area contributed by atoms with Gasteiger partial charge in [-0.15, -0.1) is 5.10 Å². The molecule has 1 fully saturated rings. The van der Waals surface area contributed by atoms with Crippen molar-refractivity contribution in [1.29, 1.82) is 0 Å². The highest BCUT2D eigenvalue weighted by Gasteiger charge is 2.24. The summed E-state index contributed by atoms with van der Waals surface area (Å²) in [4.78, 5) is 13.6. The van der Waals surface area contributed by atoms with Gasteiger partial charge in [-0.3, -0.25) is 14.6 Å². The molecule has 5 aromatic heterocycles. The molecule has 1 N–H and O–H groups in total. The van der Waals surface area contributed by atoms with Crippen molar-refractivity contribution in [1.82, 2.24) is 34.9 Å².